The van der Waals surface area contributed by atoms with Crippen LogP contribution in [0.1, 0.15) is 21.6 Å². The highest BCUT2D eigenvalue weighted by Gasteiger charge is 2.08. The maximum atomic E-state index is 11.0. The number of fused-ring (bicyclic) bond motifs is 1. The highest BCUT2D eigenvalue weighted by atomic mass is 16.5. The van der Waals surface area contributed by atoms with E-state index in [9.17, 15) is 4.79 Å². The van der Waals surface area contributed by atoms with E-state index in [2.05, 4.69) is 4.98 Å². The van der Waals surface area contributed by atoms with Gasteiger partial charge < -0.3 is 13.9 Å². The van der Waals surface area contributed by atoms with Crippen LogP contribution in [0.4, 0.5) is 0 Å². The highest BCUT2D eigenvalue weighted by Crippen LogP contribution is 2.20. The van der Waals surface area contributed by atoms with E-state index in [0.717, 1.165) is 28.9 Å². The SMILES string of the molecule is COc1cc(C)c2nc(COc3ccccc3C=O)cn2c1. The van der Waals surface area contributed by atoms with Gasteiger partial charge in [-0.3, -0.25) is 4.79 Å². The first-order chi connectivity index (χ1) is 10.7. The number of ether oxygens (including phenoxy) is 2. The molecule has 0 saturated heterocycles. The summed E-state index contributed by atoms with van der Waals surface area (Å²) in [5.41, 5.74) is 3.21. The molecule has 5 nitrogen and oxygen atoms in total. The molecule has 2 heterocycles. The Labute approximate surface area is 128 Å². The summed E-state index contributed by atoms with van der Waals surface area (Å²) in [6.07, 6.45) is 4.56. The van der Waals surface area contributed by atoms with Gasteiger partial charge in [0.2, 0.25) is 0 Å². The highest BCUT2D eigenvalue weighted by molar-refractivity contribution is 5.79. The van der Waals surface area contributed by atoms with Crippen LogP contribution in [-0.4, -0.2) is 22.8 Å². The number of nitrogens with zero attached hydrogens (tertiary/aromatic N) is 2. The molecule has 0 fully saturated rings. The number of carbonyl (C=O) groups is 1. The number of pyridine rings is 1. The summed E-state index contributed by atoms with van der Waals surface area (Å²) >= 11 is 0. The van der Waals surface area contributed by atoms with Gasteiger partial charge in [0.1, 0.15) is 23.8 Å². The normalized spacial score (nSPS) is 10.6. The molecular formula is C17H16N2O3. The third-order valence-electron chi connectivity index (χ3n) is 3.42. The quantitative estimate of drug-likeness (QED) is 0.679. The molecule has 1 aromatic carbocycles. The number of imidazole rings is 1. The topological polar surface area (TPSA) is 52.8 Å². The van der Waals surface area contributed by atoms with Crippen LogP contribution in [0.25, 0.3) is 5.65 Å². The summed E-state index contributed by atoms with van der Waals surface area (Å²) < 4.78 is 12.9. The van der Waals surface area contributed by atoms with Crippen molar-refractivity contribution in [2.45, 2.75) is 13.5 Å². The molecule has 112 valence electrons. The Morgan fingerprint density at radius 3 is 2.86 bits per heavy atom. The van der Waals surface area contributed by atoms with Crippen molar-refractivity contribution in [1.82, 2.24) is 9.38 Å². The van der Waals surface area contributed by atoms with Crippen LogP contribution < -0.4 is 9.47 Å². The first-order valence-corrected chi connectivity index (χ1v) is 6.90. The molecule has 0 atom stereocenters. The standard InChI is InChI=1S/C17H16N2O3/c1-12-7-15(21-2)9-19-8-14(18-17(12)19)11-22-16-6-4-3-5-13(16)10-20/h3-10H,11H2,1-2H3. The van der Waals surface area contributed by atoms with E-state index in [1.807, 2.05) is 35.9 Å². The number of para-hydroxylation sites is 1. The average molecular weight is 296 g/mol. The van der Waals surface area contributed by atoms with Crippen molar-refractivity contribution < 1.29 is 14.3 Å². The monoisotopic (exact) mass is 296 g/mol. The van der Waals surface area contributed by atoms with E-state index in [0.29, 0.717) is 17.9 Å². The van der Waals surface area contributed by atoms with E-state index in [4.69, 9.17) is 9.47 Å². The number of aromatic nitrogens is 2. The predicted octanol–water partition coefficient (Wildman–Crippen LogP) is 3.04. The molecule has 0 amide bonds. The molecule has 5 heteroatoms. The van der Waals surface area contributed by atoms with Crippen LogP contribution in [0.5, 0.6) is 11.5 Å². The van der Waals surface area contributed by atoms with Gasteiger partial charge >= 0.3 is 0 Å². The van der Waals surface area contributed by atoms with Crippen molar-refractivity contribution in [2.75, 3.05) is 7.11 Å². The molecule has 2 aromatic heterocycles. The second-order valence-corrected chi connectivity index (χ2v) is 4.97. The van der Waals surface area contributed by atoms with Gasteiger partial charge in [-0.2, -0.15) is 0 Å². The maximum absolute atomic E-state index is 11.0. The first-order valence-electron chi connectivity index (χ1n) is 6.90. The molecule has 22 heavy (non-hydrogen) atoms. The summed E-state index contributed by atoms with van der Waals surface area (Å²) in [4.78, 5) is 15.5. The maximum Gasteiger partial charge on any atom is 0.153 e. The Bertz CT molecular complexity index is 824. The van der Waals surface area contributed by atoms with Crippen LogP contribution in [0.2, 0.25) is 0 Å². The Kier molecular flexibility index (Phi) is 3.78. The zero-order valence-electron chi connectivity index (χ0n) is 12.4. The summed E-state index contributed by atoms with van der Waals surface area (Å²) in [7, 11) is 1.64. The van der Waals surface area contributed by atoms with Gasteiger partial charge in [0.25, 0.3) is 0 Å². The van der Waals surface area contributed by atoms with Crippen LogP contribution in [0.3, 0.4) is 0 Å². The minimum absolute atomic E-state index is 0.300. The summed E-state index contributed by atoms with van der Waals surface area (Å²) in [6, 6.07) is 9.07. The molecular weight excluding hydrogens is 280 g/mol. The van der Waals surface area contributed by atoms with Gasteiger partial charge in [-0.05, 0) is 30.7 Å². The molecule has 0 unspecified atom stereocenters. The van der Waals surface area contributed by atoms with Crippen LogP contribution >= 0.6 is 0 Å². The van der Waals surface area contributed by atoms with Crippen LogP contribution in [0.15, 0.2) is 42.7 Å². The molecule has 0 spiro atoms. The Balaban J connectivity index is 1.85. The summed E-state index contributed by atoms with van der Waals surface area (Å²) in [6.45, 7) is 2.28. The molecule has 3 aromatic rings. The fraction of sp³-hybridized carbons (Fsp3) is 0.176. The van der Waals surface area contributed by atoms with Crippen molar-refractivity contribution in [3.8, 4) is 11.5 Å². The lowest BCUT2D eigenvalue weighted by Crippen LogP contribution is -1.98. The van der Waals surface area contributed by atoms with Gasteiger partial charge in [-0.25, -0.2) is 4.98 Å². The van der Waals surface area contributed by atoms with Gasteiger partial charge in [0.15, 0.2) is 6.29 Å². The molecule has 0 aliphatic carbocycles. The summed E-state index contributed by atoms with van der Waals surface area (Å²) in [5.74, 6) is 1.34. The first kappa shape index (κ1) is 14.1. The largest absolute Gasteiger partial charge is 0.495 e. The number of carbonyl (C=O) groups excluding carboxylic acids is 1. The molecule has 0 bridgehead atoms. The van der Waals surface area contributed by atoms with E-state index in [1.54, 1.807) is 25.3 Å². The van der Waals surface area contributed by atoms with E-state index >= 15 is 0 Å². The Morgan fingerprint density at radius 2 is 2.09 bits per heavy atom. The molecule has 0 aliphatic heterocycles. The predicted molar refractivity (Wildman–Crippen MR) is 82.6 cm³/mol. The van der Waals surface area contributed by atoms with Gasteiger partial charge in [0, 0.05) is 6.20 Å². The smallest absolute Gasteiger partial charge is 0.153 e. The zero-order chi connectivity index (χ0) is 15.5. The lowest BCUT2D eigenvalue weighted by molar-refractivity contribution is 0.111. The zero-order valence-corrected chi connectivity index (χ0v) is 12.4. The summed E-state index contributed by atoms with van der Waals surface area (Å²) in [5, 5.41) is 0. The van der Waals surface area contributed by atoms with E-state index < -0.39 is 0 Å². The number of aldehydes is 1. The van der Waals surface area contributed by atoms with Crippen LogP contribution in [0, 0.1) is 6.92 Å². The molecule has 0 aliphatic rings. The fourth-order valence-corrected chi connectivity index (χ4v) is 2.33. The number of hydrogen-bond acceptors (Lipinski definition) is 4. The molecule has 3 rings (SSSR count). The Morgan fingerprint density at radius 1 is 1.27 bits per heavy atom. The lowest BCUT2D eigenvalue weighted by Gasteiger charge is -2.05. The van der Waals surface area contributed by atoms with Gasteiger partial charge in [0.05, 0.1) is 24.6 Å². The third kappa shape index (κ3) is 2.65. The lowest BCUT2D eigenvalue weighted by atomic mass is 10.2. The van der Waals surface area contributed by atoms with Crippen molar-refractivity contribution in [3.05, 3.63) is 59.5 Å². The van der Waals surface area contributed by atoms with Crippen molar-refractivity contribution >= 4 is 11.9 Å². The average Bonchev–Trinajstić information content (AvgIpc) is 2.96. The molecule has 0 radical (unpaired) electrons. The third-order valence-corrected chi connectivity index (χ3v) is 3.42. The fourth-order valence-electron chi connectivity index (χ4n) is 2.33. The molecule has 0 N–H and O–H groups in total. The number of benzene rings is 1. The number of rotatable bonds is 5. The number of methoxy groups -OCH3 is 1. The van der Waals surface area contributed by atoms with Crippen LogP contribution in [-0.2, 0) is 6.61 Å². The number of hydrogen-bond donors (Lipinski definition) is 0. The number of aryl methyl sites for hydroxylation is 1. The van der Waals surface area contributed by atoms with E-state index in [-0.39, 0.29) is 0 Å². The van der Waals surface area contributed by atoms with Crippen molar-refractivity contribution in [1.29, 1.82) is 0 Å². The second kappa shape index (κ2) is 5.89. The van der Waals surface area contributed by atoms with E-state index in [1.165, 1.54) is 0 Å². The Hall–Kier alpha value is -2.82. The second-order valence-electron chi connectivity index (χ2n) is 4.97. The minimum Gasteiger partial charge on any atom is -0.495 e. The minimum atomic E-state index is 0.300. The van der Waals surface area contributed by atoms with Crippen molar-refractivity contribution in [3.63, 3.8) is 0 Å². The molecule has 0 saturated carbocycles. The van der Waals surface area contributed by atoms with Gasteiger partial charge in [-0.15, -0.1) is 0 Å². The van der Waals surface area contributed by atoms with Crippen molar-refractivity contribution in [2.24, 2.45) is 0 Å². The van der Waals surface area contributed by atoms with Gasteiger partial charge in [-0.1, -0.05) is 12.1 Å².